The second-order valence-corrected chi connectivity index (χ2v) is 6.20. The van der Waals surface area contributed by atoms with Gasteiger partial charge in [0, 0.05) is 6.20 Å². The van der Waals surface area contributed by atoms with Crippen LogP contribution >= 0.6 is 11.6 Å². The first-order valence-electron chi connectivity index (χ1n) is 7.30. The molecule has 1 aliphatic heterocycles. The Morgan fingerprint density at radius 3 is 2.83 bits per heavy atom. The maximum atomic E-state index is 12.5. The summed E-state index contributed by atoms with van der Waals surface area (Å²) in [7, 11) is 0. The van der Waals surface area contributed by atoms with Gasteiger partial charge in [0.15, 0.2) is 5.54 Å². The molecule has 2 aliphatic rings. The number of allylic oxidation sites excluding steroid dienone is 3. The molecule has 23 heavy (non-hydrogen) atoms. The molecule has 1 fully saturated rings. The molecule has 1 aromatic rings. The van der Waals surface area contributed by atoms with E-state index in [1.807, 2.05) is 25.2 Å². The summed E-state index contributed by atoms with van der Waals surface area (Å²) < 4.78 is 1.35. The Kier molecular flexibility index (Phi) is 3.85. The maximum absolute atomic E-state index is 12.5. The van der Waals surface area contributed by atoms with Crippen LogP contribution in [-0.4, -0.2) is 22.0 Å². The molecule has 0 radical (unpaired) electrons. The van der Waals surface area contributed by atoms with Crippen molar-refractivity contribution in [3.05, 3.63) is 57.5 Å². The van der Waals surface area contributed by atoms with Gasteiger partial charge in [0.2, 0.25) is 0 Å². The second-order valence-electron chi connectivity index (χ2n) is 5.79. The number of hydrogen-bond donors (Lipinski definition) is 2. The number of amides is 3. The summed E-state index contributed by atoms with van der Waals surface area (Å²) >= 11 is 5.88. The van der Waals surface area contributed by atoms with Gasteiger partial charge in [0.1, 0.15) is 5.02 Å². The summed E-state index contributed by atoms with van der Waals surface area (Å²) in [5, 5.41) is 5.05. The molecular weight excluding hydrogens is 318 g/mol. The van der Waals surface area contributed by atoms with E-state index >= 15 is 0 Å². The Balaban J connectivity index is 2.10. The lowest BCUT2D eigenvalue weighted by atomic mass is 9.78. The van der Waals surface area contributed by atoms with Gasteiger partial charge in [-0.15, -0.1) is 0 Å². The maximum Gasteiger partial charge on any atom is 0.322 e. The van der Waals surface area contributed by atoms with Gasteiger partial charge in [0.05, 0.1) is 6.54 Å². The Hall–Kier alpha value is -2.34. The smallest absolute Gasteiger partial charge is 0.318 e. The van der Waals surface area contributed by atoms with Gasteiger partial charge in [0.25, 0.3) is 11.5 Å². The standard InChI is InChI=1S/C16H16ClN3O3/c1-10-5-2-3-6-11(10)16(14(22)18-15(23)19-16)9-20-8-4-7-12(17)13(20)21/h2-4,6-8,10H,5,9H2,1H3,(H2,18,19,22,23). The quantitative estimate of drug-likeness (QED) is 0.825. The monoisotopic (exact) mass is 333 g/mol. The van der Waals surface area contributed by atoms with E-state index in [1.54, 1.807) is 12.3 Å². The second kappa shape index (κ2) is 5.70. The summed E-state index contributed by atoms with van der Waals surface area (Å²) in [5.74, 6) is -0.387. The predicted molar refractivity (Wildman–Crippen MR) is 86.1 cm³/mol. The molecule has 3 amide bonds. The highest BCUT2D eigenvalue weighted by Crippen LogP contribution is 2.33. The van der Waals surface area contributed by atoms with Crippen LogP contribution in [0.3, 0.4) is 0 Å². The minimum absolute atomic E-state index is 0.00597. The van der Waals surface area contributed by atoms with Crippen LogP contribution in [0.5, 0.6) is 0 Å². The third kappa shape index (κ3) is 2.59. The zero-order valence-electron chi connectivity index (χ0n) is 12.5. The van der Waals surface area contributed by atoms with Crippen molar-refractivity contribution in [3.8, 4) is 0 Å². The molecule has 0 aromatic carbocycles. The lowest BCUT2D eigenvalue weighted by Crippen LogP contribution is -2.54. The normalized spacial score (nSPS) is 26.7. The van der Waals surface area contributed by atoms with Gasteiger partial charge in [-0.05, 0) is 30.0 Å². The van der Waals surface area contributed by atoms with Crippen molar-refractivity contribution in [3.63, 3.8) is 0 Å². The van der Waals surface area contributed by atoms with E-state index < -0.39 is 23.0 Å². The number of carbonyl (C=O) groups is 2. The Morgan fingerprint density at radius 1 is 1.39 bits per heavy atom. The van der Waals surface area contributed by atoms with Gasteiger partial charge >= 0.3 is 6.03 Å². The van der Waals surface area contributed by atoms with E-state index in [2.05, 4.69) is 10.6 Å². The number of aromatic nitrogens is 1. The van der Waals surface area contributed by atoms with Gasteiger partial charge < -0.3 is 9.88 Å². The first-order valence-corrected chi connectivity index (χ1v) is 7.67. The highest BCUT2D eigenvalue weighted by Gasteiger charge is 2.50. The predicted octanol–water partition coefficient (Wildman–Crippen LogP) is 1.60. The van der Waals surface area contributed by atoms with Gasteiger partial charge in [-0.25, -0.2) is 4.79 Å². The van der Waals surface area contributed by atoms with E-state index in [0.29, 0.717) is 0 Å². The molecule has 2 unspecified atom stereocenters. The highest BCUT2D eigenvalue weighted by atomic mass is 35.5. The van der Waals surface area contributed by atoms with Crippen LogP contribution in [0.25, 0.3) is 0 Å². The van der Waals surface area contributed by atoms with E-state index in [-0.39, 0.29) is 17.5 Å². The molecule has 1 saturated heterocycles. The fraction of sp³-hybridized carbons (Fsp3) is 0.312. The molecule has 1 aromatic heterocycles. The molecule has 2 heterocycles. The summed E-state index contributed by atoms with van der Waals surface area (Å²) in [6, 6.07) is 2.56. The third-order valence-electron chi connectivity index (χ3n) is 4.25. The number of pyridine rings is 1. The molecule has 0 saturated carbocycles. The fourth-order valence-corrected chi connectivity index (χ4v) is 3.27. The largest absolute Gasteiger partial charge is 0.322 e. The van der Waals surface area contributed by atoms with Crippen molar-refractivity contribution in [2.75, 3.05) is 0 Å². The molecule has 6 nitrogen and oxygen atoms in total. The number of hydrogen-bond acceptors (Lipinski definition) is 3. The van der Waals surface area contributed by atoms with E-state index in [1.165, 1.54) is 10.6 Å². The first kappa shape index (κ1) is 15.6. The average Bonchev–Trinajstić information content (AvgIpc) is 2.79. The summed E-state index contributed by atoms with van der Waals surface area (Å²) in [5.41, 5.74) is -0.909. The number of carbonyl (C=O) groups excluding carboxylic acids is 2. The third-order valence-corrected chi connectivity index (χ3v) is 4.54. The first-order chi connectivity index (χ1) is 10.9. The molecule has 120 valence electrons. The van der Waals surface area contributed by atoms with Crippen molar-refractivity contribution in [1.82, 2.24) is 15.2 Å². The number of imide groups is 1. The van der Waals surface area contributed by atoms with Gasteiger partial charge in [-0.3, -0.25) is 14.9 Å². The van der Waals surface area contributed by atoms with Crippen molar-refractivity contribution >= 4 is 23.5 Å². The van der Waals surface area contributed by atoms with E-state index in [9.17, 15) is 14.4 Å². The minimum Gasteiger partial charge on any atom is -0.318 e. The van der Waals surface area contributed by atoms with Crippen LogP contribution in [-0.2, 0) is 11.3 Å². The molecule has 2 atom stereocenters. The van der Waals surface area contributed by atoms with Crippen molar-refractivity contribution in [2.45, 2.75) is 25.4 Å². The summed E-state index contributed by atoms with van der Waals surface area (Å²) in [6.45, 7) is 1.98. The molecule has 7 heteroatoms. The molecule has 0 bridgehead atoms. The Labute approximate surface area is 137 Å². The molecule has 2 N–H and O–H groups in total. The van der Waals surface area contributed by atoms with E-state index in [0.717, 1.165) is 12.0 Å². The lowest BCUT2D eigenvalue weighted by molar-refractivity contribution is -0.123. The Morgan fingerprint density at radius 2 is 2.17 bits per heavy atom. The lowest BCUT2D eigenvalue weighted by Gasteiger charge is -2.34. The van der Waals surface area contributed by atoms with Crippen molar-refractivity contribution in [1.29, 1.82) is 0 Å². The van der Waals surface area contributed by atoms with Crippen molar-refractivity contribution < 1.29 is 9.59 Å². The summed E-state index contributed by atoms with van der Waals surface area (Å²) in [6.07, 6.45) is 8.01. The van der Waals surface area contributed by atoms with Crippen LogP contribution in [0.15, 0.2) is 46.9 Å². The van der Waals surface area contributed by atoms with Crippen LogP contribution in [0, 0.1) is 5.92 Å². The SMILES string of the molecule is CC1CC=CC=C1C1(Cn2cccc(Cl)c2=O)NC(=O)NC1=O. The highest BCUT2D eigenvalue weighted by molar-refractivity contribution is 6.30. The topological polar surface area (TPSA) is 80.2 Å². The number of halogens is 1. The number of urea groups is 1. The number of nitrogens with one attached hydrogen (secondary N) is 2. The summed E-state index contributed by atoms with van der Waals surface area (Å²) in [4.78, 5) is 36.5. The van der Waals surface area contributed by atoms with Crippen LogP contribution in [0.2, 0.25) is 5.02 Å². The zero-order valence-corrected chi connectivity index (χ0v) is 13.3. The van der Waals surface area contributed by atoms with Crippen LogP contribution in [0.4, 0.5) is 4.79 Å². The number of nitrogens with zero attached hydrogens (tertiary/aromatic N) is 1. The fourth-order valence-electron chi connectivity index (χ4n) is 3.09. The molecule has 3 rings (SSSR count). The van der Waals surface area contributed by atoms with Crippen molar-refractivity contribution in [2.24, 2.45) is 5.92 Å². The Bertz CT molecular complexity index is 796. The molecular formula is C16H16ClN3O3. The molecule has 1 aliphatic carbocycles. The average molecular weight is 334 g/mol. The zero-order chi connectivity index (χ0) is 16.6. The van der Waals surface area contributed by atoms with Crippen LogP contribution in [0.1, 0.15) is 13.3 Å². The van der Waals surface area contributed by atoms with Crippen LogP contribution < -0.4 is 16.2 Å². The number of rotatable bonds is 3. The van der Waals surface area contributed by atoms with E-state index in [4.69, 9.17) is 11.6 Å². The minimum atomic E-state index is -1.28. The van der Waals surface area contributed by atoms with Gasteiger partial charge in [-0.1, -0.05) is 36.8 Å². The molecule has 0 spiro atoms. The van der Waals surface area contributed by atoms with Gasteiger partial charge in [-0.2, -0.15) is 0 Å².